The number of anilines is 1. The van der Waals surface area contributed by atoms with Gasteiger partial charge >= 0.3 is 0 Å². The molecule has 28 heavy (non-hydrogen) atoms. The van der Waals surface area contributed by atoms with E-state index in [9.17, 15) is 4.79 Å². The van der Waals surface area contributed by atoms with Crippen LogP contribution in [0.2, 0.25) is 0 Å². The quantitative estimate of drug-likeness (QED) is 0.525. The van der Waals surface area contributed by atoms with Crippen LogP contribution in [-0.4, -0.2) is 27.8 Å². The molecule has 140 valence electrons. The van der Waals surface area contributed by atoms with Crippen LogP contribution in [0.25, 0.3) is 10.9 Å². The van der Waals surface area contributed by atoms with Crippen molar-refractivity contribution in [3.05, 3.63) is 88.4 Å². The van der Waals surface area contributed by atoms with E-state index in [0.29, 0.717) is 12.1 Å². The van der Waals surface area contributed by atoms with Crippen LogP contribution in [0.4, 0.5) is 5.82 Å². The Hall–Kier alpha value is -3.25. The predicted octanol–water partition coefficient (Wildman–Crippen LogP) is 4.58. The van der Waals surface area contributed by atoms with Crippen LogP contribution in [-0.2, 0) is 13.1 Å². The summed E-state index contributed by atoms with van der Waals surface area (Å²) in [7, 11) is 1.78. The Bertz CT molecular complexity index is 1080. The molecule has 3 aromatic heterocycles. The summed E-state index contributed by atoms with van der Waals surface area (Å²) in [5.41, 5.74) is 2.35. The van der Waals surface area contributed by atoms with Gasteiger partial charge in [0, 0.05) is 23.5 Å². The molecule has 0 spiro atoms. The third-order valence-electron chi connectivity index (χ3n) is 4.44. The third-order valence-corrected chi connectivity index (χ3v) is 5.31. The molecule has 4 rings (SSSR count). The van der Waals surface area contributed by atoms with Crippen LogP contribution in [0.15, 0.2) is 72.2 Å². The molecule has 0 aliphatic heterocycles. The monoisotopic (exact) mass is 388 g/mol. The van der Waals surface area contributed by atoms with Crippen molar-refractivity contribution in [1.82, 2.24) is 14.9 Å². The molecule has 6 heteroatoms. The molecule has 0 aliphatic rings. The number of rotatable bonds is 6. The molecule has 1 amide bonds. The summed E-state index contributed by atoms with van der Waals surface area (Å²) in [6.07, 6.45) is 1.61. The minimum atomic E-state index is -0.0766. The molecule has 0 atom stereocenters. The maximum atomic E-state index is 12.7. The number of hydrogen-bond acceptors (Lipinski definition) is 5. The standard InChI is InChI=1S/C22H20N4OS/c1-26(15-18-10-8-16-5-2-3-7-20(16)25-18)22(27)17-9-11-21(23-13-17)24-14-19-6-4-12-28-19/h2-13H,14-15H2,1H3,(H,23,24). The third kappa shape index (κ3) is 4.18. The first-order chi connectivity index (χ1) is 13.7. The number of para-hydroxylation sites is 1. The van der Waals surface area contributed by atoms with Crippen molar-refractivity contribution >= 4 is 34.0 Å². The van der Waals surface area contributed by atoms with Gasteiger partial charge in [0.1, 0.15) is 5.82 Å². The Morgan fingerprint density at radius 1 is 1.07 bits per heavy atom. The van der Waals surface area contributed by atoms with Gasteiger partial charge in [0.2, 0.25) is 0 Å². The van der Waals surface area contributed by atoms with E-state index in [4.69, 9.17) is 0 Å². The summed E-state index contributed by atoms with van der Waals surface area (Å²) in [4.78, 5) is 24.6. The SMILES string of the molecule is CN(Cc1ccc2ccccc2n1)C(=O)c1ccc(NCc2cccs2)nc1. The Balaban J connectivity index is 1.39. The summed E-state index contributed by atoms with van der Waals surface area (Å²) in [5.74, 6) is 0.677. The zero-order valence-corrected chi connectivity index (χ0v) is 16.3. The summed E-state index contributed by atoms with van der Waals surface area (Å²) < 4.78 is 0. The summed E-state index contributed by atoms with van der Waals surface area (Å²) >= 11 is 1.70. The van der Waals surface area contributed by atoms with E-state index in [1.54, 1.807) is 35.5 Å². The van der Waals surface area contributed by atoms with Crippen LogP contribution >= 0.6 is 11.3 Å². The lowest BCUT2D eigenvalue weighted by atomic mass is 10.2. The number of nitrogens with zero attached hydrogens (tertiary/aromatic N) is 3. The molecule has 0 aliphatic carbocycles. The van der Waals surface area contributed by atoms with Gasteiger partial charge in [0.05, 0.1) is 29.9 Å². The van der Waals surface area contributed by atoms with Crippen molar-refractivity contribution in [2.75, 3.05) is 12.4 Å². The number of hydrogen-bond donors (Lipinski definition) is 1. The normalized spacial score (nSPS) is 10.8. The molecule has 0 saturated carbocycles. The van der Waals surface area contributed by atoms with Gasteiger partial charge in [-0.1, -0.05) is 30.3 Å². The summed E-state index contributed by atoms with van der Waals surface area (Å²) in [5, 5.41) is 6.40. The van der Waals surface area contributed by atoms with Gasteiger partial charge in [-0.15, -0.1) is 11.3 Å². The van der Waals surface area contributed by atoms with Crippen LogP contribution in [0.3, 0.4) is 0 Å². The van der Waals surface area contributed by atoms with Gasteiger partial charge in [0.25, 0.3) is 5.91 Å². The first-order valence-electron chi connectivity index (χ1n) is 9.01. The number of benzene rings is 1. The lowest BCUT2D eigenvalue weighted by Crippen LogP contribution is -2.26. The molecule has 5 nitrogen and oxygen atoms in total. The Morgan fingerprint density at radius 3 is 2.75 bits per heavy atom. The van der Waals surface area contributed by atoms with E-state index in [2.05, 4.69) is 21.4 Å². The van der Waals surface area contributed by atoms with Gasteiger partial charge in [-0.25, -0.2) is 4.98 Å². The molecule has 0 bridgehead atoms. The zero-order valence-electron chi connectivity index (χ0n) is 15.5. The molecule has 0 fully saturated rings. The van der Waals surface area contributed by atoms with E-state index in [-0.39, 0.29) is 5.91 Å². The van der Waals surface area contributed by atoms with E-state index in [1.165, 1.54) is 4.88 Å². The van der Waals surface area contributed by atoms with Gasteiger partial charge in [-0.2, -0.15) is 0 Å². The number of carbonyl (C=O) groups excluding carboxylic acids is 1. The Labute approximate surface area is 167 Å². The van der Waals surface area contributed by atoms with E-state index in [1.807, 2.05) is 53.9 Å². The van der Waals surface area contributed by atoms with Gasteiger partial charge in [-0.05, 0) is 35.7 Å². The second-order valence-electron chi connectivity index (χ2n) is 6.52. The maximum Gasteiger partial charge on any atom is 0.255 e. The van der Waals surface area contributed by atoms with Crippen LogP contribution < -0.4 is 5.32 Å². The van der Waals surface area contributed by atoms with E-state index in [0.717, 1.165) is 29.0 Å². The van der Waals surface area contributed by atoms with Crippen molar-refractivity contribution in [2.45, 2.75) is 13.1 Å². The van der Waals surface area contributed by atoms with E-state index >= 15 is 0 Å². The number of nitrogens with one attached hydrogen (secondary N) is 1. The fourth-order valence-corrected chi connectivity index (χ4v) is 3.59. The molecule has 0 unspecified atom stereocenters. The average molecular weight is 388 g/mol. The van der Waals surface area contributed by atoms with Gasteiger partial charge in [-0.3, -0.25) is 9.78 Å². The fraction of sp³-hybridized carbons (Fsp3) is 0.136. The highest BCUT2D eigenvalue weighted by molar-refractivity contribution is 7.09. The number of pyridine rings is 2. The Kier molecular flexibility index (Phi) is 5.30. The predicted molar refractivity (Wildman–Crippen MR) is 113 cm³/mol. The molecule has 0 radical (unpaired) electrons. The molecule has 3 heterocycles. The van der Waals surface area contributed by atoms with Crippen molar-refractivity contribution in [1.29, 1.82) is 0 Å². The molecule has 1 N–H and O–H groups in total. The highest BCUT2D eigenvalue weighted by atomic mass is 32.1. The number of amides is 1. The van der Waals surface area contributed by atoms with E-state index < -0.39 is 0 Å². The number of aromatic nitrogens is 2. The zero-order chi connectivity index (χ0) is 19.3. The molecule has 1 aromatic carbocycles. The topological polar surface area (TPSA) is 58.1 Å². The highest BCUT2D eigenvalue weighted by Crippen LogP contribution is 2.15. The minimum absolute atomic E-state index is 0.0766. The molecular formula is C22H20N4OS. The molecular weight excluding hydrogens is 368 g/mol. The van der Waals surface area contributed by atoms with Crippen molar-refractivity contribution < 1.29 is 4.79 Å². The largest absolute Gasteiger partial charge is 0.365 e. The second kappa shape index (κ2) is 8.19. The van der Waals surface area contributed by atoms with Gasteiger partial charge in [0.15, 0.2) is 0 Å². The average Bonchev–Trinajstić information content (AvgIpc) is 3.26. The highest BCUT2D eigenvalue weighted by Gasteiger charge is 2.13. The van der Waals surface area contributed by atoms with Crippen LogP contribution in [0, 0.1) is 0 Å². The van der Waals surface area contributed by atoms with Crippen molar-refractivity contribution in [3.63, 3.8) is 0 Å². The number of thiophene rings is 1. The summed E-state index contributed by atoms with van der Waals surface area (Å²) in [6, 6.07) is 19.7. The van der Waals surface area contributed by atoms with Crippen molar-refractivity contribution in [2.24, 2.45) is 0 Å². The smallest absolute Gasteiger partial charge is 0.255 e. The van der Waals surface area contributed by atoms with Crippen molar-refractivity contribution in [3.8, 4) is 0 Å². The fourth-order valence-electron chi connectivity index (χ4n) is 2.95. The second-order valence-corrected chi connectivity index (χ2v) is 7.55. The Morgan fingerprint density at radius 2 is 1.96 bits per heavy atom. The first kappa shape index (κ1) is 18.1. The minimum Gasteiger partial charge on any atom is -0.365 e. The van der Waals surface area contributed by atoms with Crippen LogP contribution in [0.1, 0.15) is 20.9 Å². The molecule has 4 aromatic rings. The number of fused-ring (bicyclic) bond motifs is 1. The lowest BCUT2D eigenvalue weighted by molar-refractivity contribution is 0.0783. The van der Waals surface area contributed by atoms with Crippen LogP contribution in [0.5, 0.6) is 0 Å². The number of carbonyl (C=O) groups is 1. The molecule has 0 saturated heterocycles. The summed E-state index contributed by atoms with van der Waals surface area (Å²) in [6.45, 7) is 1.17. The lowest BCUT2D eigenvalue weighted by Gasteiger charge is -2.17. The maximum absolute atomic E-state index is 12.7. The van der Waals surface area contributed by atoms with Gasteiger partial charge < -0.3 is 10.2 Å². The first-order valence-corrected chi connectivity index (χ1v) is 9.89.